The van der Waals surface area contributed by atoms with E-state index in [1.54, 1.807) is 34.6 Å². The predicted octanol–water partition coefficient (Wildman–Crippen LogP) is 4.57. The first-order valence-electron chi connectivity index (χ1n) is 13.7. The molecule has 0 saturated carbocycles. The number of likely N-dealkylation sites (tertiary alicyclic amines) is 1. The number of anilines is 1. The van der Waals surface area contributed by atoms with Crippen LogP contribution in [0.5, 0.6) is 0 Å². The van der Waals surface area contributed by atoms with Crippen molar-refractivity contribution in [3.05, 3.63) is 54.6 Å². The van der Waals surface area contributed by atoms with E-state index in [-0.39, 0.29) is 41.0 Å². The highest BCUT2D eigenvalue weighted by Crippen LogP contribution is 2.68. The standard InChI is InChI=1S/C30H39BrN2O5S/c1-6-8-9-10-15-38-29(37)22-23-27(35)33(20(5)17-34)26(30(23)16-21(31)25(22)39-30)28(36)32(14-7-2)24-18(3)12-11-13-19(24)4/h6-7,11-13,20-23,25-26,34H,1-2,8-10,14-17H2,3-5H3/t20-,21?,22+,23+,25+,26?,30?/m1/s1. The van der Waals surface area contributed by atoms with Crippen LogP contribution in [0.2, 0.25) is 0 Å². The summed E-state index contributed by atoms with van der Waals surface area (Å²) < 4.78 is 4.89. The van der Waals surface area contributed by atoms with Gasteiger partial charge in [-0.3, -0.25) is 14.4 Å². The number of aryl methyl sites for hydroxylation is 2. The molecule has 1 N–H and O–H groups in total. The number of fused-ring (bicyclic) bond motifs is 1. The molecule has 3 heterocycles. The quantitative estimate of drug-likeness (QED) is 0.160. The minimum Gasteiger partial charge on any atom is -0.465 e. The number of alkyl halides is 1. The number of unbranched alkanes of at least 4 members (excludes halogenated alkanes) is 2. The third-order valence-corrected chi connectivity index (χ3v) is 11.5. The molecule has 2 bridgehead atoms. The molecule has 0 radical (unpaired) electrons. The van der Waals surface area contributed by atoms with Gasteiger partial charge in [-0.1, -0.05) is 46.3 Å². The summed E-state index contributed by atoms with van der Waals surface area (Å²) >= 11 is 5.36. The molecule has 1 spiro atoms. The number of amides is 2. The second-order valence-corrected chi connectivity index (χ2v) is 13.6. The van der Waals surface area contributed by atoms with Gasteiger partial charge >= 0.3 is 5.97 Å². The maximum absolute atomic E-state index is 14.6. The number of hydrogen-bond donors (Lipinski definition) is 1. The molecule has 7 atom stereocenters. The first-order valence-corrected chi connectivity index (χ1v) is 15.4. The lowest BCUT2D eigenvalue weighted by atomic mass is 9.71. The third-order valence-electron chi connectivity index (χ3n) is 8.31. The lowest BCUT2D eigenvalue weighted by Crippen LogP contribution is -2.57. The van der Waals surface area contributed by atoms with Gasteiger partial charge in [0.1, 0.15) is 6.04 Å². The Kier molecular flexibility index (Phi) is 9.33. The van der Waals surface area contributed by atoms with Gasteiger partial charge < -0.3 is 19.6 Å². The normalized spacial score (nSPS) is 29.7. The van der Waals surface area contributed by atoms with Crippen LogP contribution in [0.15, 0.2) is 43.5 Å². The summed E-state index contributed by atoms with van der Waals surface area (Å²) in [6.45, 7) is 13.6. The van der Waals surface area contributed by atoms with Gasteiger partial charge in [0.2, 0.25) is 5.91 Å². The average molecular weight is 620 g/mol. The summed E-state index contributed by atoms with van der Waals surface area (Å²) in [4.78, 5) is 45.5. The summed E-state index contributed by atoms with van der Waals surface area (Å²) in [5.74, 6) is -2.18. The number of aliphatic hydroxyl groups is 1. The monoisotopic (exact) mass is 618 g/mol. The Balaban J connectivity index is 1.74. The Bertz CT molecular complexity index is 1120. The van der Waals surface area contributed by atoms with Gasteiger partial charge in [-0.05, 0) is 57.6 Å². The van der Waals surface area contributed by atoms with E-state index in [2.05, 4.69) is 29.1 Å². The van der Waals surface area contributed by atoms with E-state index in [1.165, 1.54) is 0 Å². The molecule has 0 aromatic heterocycles. The van der Waals surface area contributed by atoms with Gasteiger partial charge in [0, 0.05) is 22.3 Å². The maximum atomic E-state index is 14.6. The Morgan fingerprint density at radius 2 is 1.97 bits per heavy atom. The number of nitrogens with zero attached hydrogens (tertiary/aromatic N) is 2. The van der Waals surface area contributed by atoms with Crippen LogP contribution in [-0.2, 0) is 19.1 Å². The molecular formula is C30H39BrN2O5S. The summed E-state index contributed by atoms with van der Waals surface area (Å²) in [7, 11) is 0. The molecular weight excluding hydrogens is 580 g/mol. The maximum Gasteiger partial charge on any atom is 0.310 e. The van der Waals surface area contributed by atoms with E-state index in [9.17, 15) is 19.5 Å². The van der Waals surface area contributed by atoms with Crippen molar-refractivity contribution in [2.75, 3.05) is 24.7 Å². The second kappa shape index (κ2) is 12.2. The Labute approximate surface area is 244 Å². The van der Waals surface area contributed by atoms with Gasteiger partial charge in [0.05, 0.1) is 35.8 Å². The molecule has 212 valence electrons. The molecule has 7 nitrogen and oxygen atoms in total. The van der Waals surface area contributed by atoms with Crippen LogP contribution < -0.4 is 4.90 Å². The molecule has 3 fully saturated rings. The van der Waals surface area contributed by atoms with Crippen molar-refractivity contribution < 1.29 is 24.2 Å². The zero-order chi connectivity index (χ0) is 28.5. The number of para-hydroxylation sites is 1. The van der Waals surface area contributed by atoms with Gasteiger partial charge in [0.15, 0.2) is 0 Å². The molecule has 3 aliphatic heterocycles. The van der Waals surface area contributed by atoms with Crippen LogP contribution in [-0.4, -0.2) is 74.5 Å². The fourth-order valence-corrected chi connectivity index (χ4v) is 10.2. The van der Waals surface area contributed by atoms with Gasteiger partial charge in [-0.15, -0.1) is 24.9 Å². The van der Waals surface area contributed by atoms with Crippen molar-refractivity contribution in [3.63, 3.8) is 0 Å². The van der Waals surface area contributed by atoms with Crippen LogP contribution in [0.3, 0.4) is 0 Å². The van der Waals surface area contributed by atoms with Crippen molar-refractivity contribution in [1.82, 2.24) is 4.90 Å². The zero-order valence-electron chi connectivity index (χ0n) is 23.0. The summed E-state index contributed by atoms with van der Waals surface area (Å²) in [5, 5.41) is 9.98. The van der Waals surface area contributed by atoms with Gasteiger partial charge in [-0.25, -0.2) is 0 Å². The van der Waals surface area contributed by atoms with E-state index in [4.69, 9.17) is 4.74 Å². The van der Waals surface area contributed by atoms with Crippen molar-refractivity contribution in [3.8, 4) is 0 Å². The first-order chi connectivity index (χ1) is 18.6. The van der Waals surface area contributed by atoms with E-state index in [1.807, 2.05) is 38.1 Å². The van der Waals surface area contributed by atoms with Gasteiger partial charge in [-0.2, -0.15) is 0 Å². The Morgan fingerprint density at radius 3 is 2.59 bits per heavy atom. The largest absolute Gasteiger partial charge is 0.465 e. The molecule has 1 aromatic rings. The number of carbonyl (C=O) groups excluding carboxylic acids is 3. The van der Waals surface area contributed by atoms with Crippen LogP contribution in [0, 0.1) is 25.7 Å². The molecule has 1 aromatic carbocycles. The molecule has 3 aliphatic rings. The van der Waals surface area contributed by atoms with Crippen molar-refractivity contribution in [2.45, 2.75) is 73.4 Å². The van der Waals surface area contributed by atoms with Crippen molar-refractivity contribution in [2.24, 2.45) is 11.8 Å². The minimum atomic E-state index is -0.837. The van der Waals surface area contributed by atoms with Crippen LogP contribution >= 0.6 is 27.7 Å². The number of carbonyl (C=O) groups is 3. The third kappa shape index (κ3) is 5.10. The number of halogens is 1. The number of ether oxygens (including phenoxy) is 1. The molecule has 9 heteroatoms. The second-order valence-electron chi connectivity index (χ2n) is 10.9. The van der Waals surface area contributed by atoms with Crippen LogP contribution in [0.4, 0.5) is 5.69 Å². The van der Waals surface area contributed by atoms with Crippen LogP contribution in [0.25, 0.3) is 0 Å². The number of esters is 1. The van der Waals surface area contributed by atoms with Gasteiger partial charge in [0.25, 0.3) is 5.91 Å². The highest BCUT2D eigenvalue weighted by molar-refractivity contribution is 9.09. The number of hydrogen-bond acceptors (Lipinski definition) is 6. The molecule has 4 rings (SSSR count). The molecule has 0 aliphatic carbocycles. The topological polar surface area (TPSA) is 87.1 Å². The minimum absolute atomic E-state index is 0.0439. The highest BCUT2D eigenvalue weighted by Gasteiger charge is 2.76. The van der Waals surface area contributed by atoms with Crippen molar-refractivity contribution >= 4 is 51.2 Å². The lowest BCUT2D eigenvalue weighted by Gasteiger charge is -2.39. The SMILES string of the molecule is C=CCCCCOC(=O)[C@H]1[C@H]2C(=O)N([C@H](C)CO)C(C(=O)N(CC=C)c3c(C)cccc3C)C23CC(Br)[C@@H]1S3. The van der Waals surface area contributed by atoms with Crippen molar-refractivity contribution in [1.29, 1.82) is 0 Å². The molecule has 39 heavy (non-hydrogen) atoms. The lowest BCUT2D eigenvalue weighted by molar-refractivity contribution is -0.154. The number of thioether (sulfide) groups is 1. The van der Waals surface area contributed by atoms with Crippen LogP contribution in [0.1, 0.15) is 43.7 Å². The fraction of sp³-hybridized carbons (Fsp3) is 0.567. The van der Waals surface area contributed by atoms with E-state index in [0.717, 1.165) is 36.1 Å². The number of benzene rings is 1. The number of rotatable bonds is 12. The van der Waals surface area contributed by atoms with E-state index in [0.29, 0.717) is 13.0 Å². The highest BCUT2D eigenvalue weighted by atomic mass is 79.9. The summed E-state index contributed by atoms with van der Waals surface area (Å²) in [5.41, 5.74) is 2.70. The Hall–Kier alpha value is -2.10. The summed E-state index contributed by atoms with van der Waals surface area (Å²) in [6, 6.07) is 4.46. The smallest absolute Gasteiger partial charge is 0.310 e. The molecule has 2 amide bonds. The zero-order valence-corrected chi connectivity index (χ0v) is 25.4. The number of allylic oxidation sites excluding steroid dienone is 1. The van der Waals surface area contributed by atoms with E-state index >= 15 is 0 Å². The molecule has 3 unspecified atom stereocenters. The molecule has 3 saturated heterocycles. The number of aliphatic hydroxyl groups excluding tert-OH is 1. The van der Waals surface area contributed by atoms with E-state index < -0.39 is 28.7 Å². The average Bonchev–Trinajstić information content (AvgIpc) is 3.50. The fourth-order valence-electron chi connectivity index (χ4n) is 6.64. The predicted molar refractivity (Wildman–Crippen MR) is 159 cm³/mol. The first kappa shape index (κ1) is 29.9. The summed E-state index contributed by atoms with van der Waals surface area (Å²) in [6.07, 6.45) is 6.56. The Morgan fingerprint density at radius 1 is 1.28 bits per heavy atom.